The minimum absolute atomic E-state index is 0.405. The van der Waals surface area contributed by atoms with Gasteiger partial charge in [0.05, 0.1) is 27.9 Å². The van der Waals surface area contributed by atoms with Crippen molar-refractivity contribution in [3.8, 4) is 28.7 Å². The van der Waals surface area contributed by atoms with Crippen LogP contribution in [0.15, 0.2) is 16.5 Å². The maximum absolute atomic E-state index is 5.61. The van der Waals surface area contributed by atoms with Crippen LogP contribution in [0.1, 0.15) is 12.8 Å². The van der Waals surface area contributed by atoms with Crippen molar-refractivity contribution in [1.82, 2.24) is 15.5 Å². The Balaban J connectivity index is 2.37. The van der Waals surface area contributed by atoms with Gasteiger partial charge in [-0.15, -0.1) is 10.2 Å². The second-order valence-corrected chi connectivity index (χ2v) is 4.20. The number of rotatable bonds is 7. The smallest absolute Gasteiger partial charge is 0.248 e. The van der Waals surface area contributed by atoms with Crippen LogP contribution in [0.25, 0.3) is 11.5 Å². The Morgan fingerprint density at radius 1 is 1.05 bits per heavy atom. The Labute approximate surface area is 123 Å². The van der Waals surface area contributed by atoms with E-state index in [0.29, 0.717) is 41.1 Å². The van der Waals surface area contributed by atoms with Crippen molar-refractivity contribution >= 4 is 0 Å². The predicted octanol–water partition coefficient (Wildman–Crippen LogP) is 1.87. The summed E-state index contributed by atoms with van der Waals surface area (Å²) in [5.41, 5.74) is 0.708. The van der Waals surface area contributed by atoms with Gasteiger partial charge in [0.2, 0.25) is 17.5 Å². The van der Waals surface area contributed by atoms with Crippen LogP contribution in [0.4, 0.5) is 0 Å². The molecule has 7 nitrogen and oxygen atoms in total. The van der Waals surface area contributed by atoms with Crippen LogP contribution in [0.2, 0.25) is 0 Å². The normalized spacial score (nSPS) is 10.5. The topological polar surface area (TPSA) is 78.6 Å². The summed E-state index contributed by atoms with van der Waals surface area (Å²) in [4.78, 5) is 0. The molecule has 0 atom stereocenters. The molecule has 1 aromatic heterocycles. The van der Waals surface area contributed by atoms with Gasteiger partial charge >= 0.3 is 0 Å². The Kier molecular flexibility index (Phi) is 4.99. The second kappa shape index (κ2) is 6.94. The Morgan fingerprint density at radius 3 is 2.24 bits per heavy atom. The van der Waals surface area contributed by atoms with E-state index in [0.717, 1.165) is 6.54 Å². The van der Waals surface area contributed by atoms with Gasteiger partial charge in [0.15, 0.2) is 11.5 Å². The number of aromatic nitrogens is 2. The van der Waals surface area contributed by atoms with Gasteiger partial charge in [0.25, 0.3) is 0 Å². The minimum Gasteiger partial charge on any atom is -0.493 e. The van der Waals surface area contributed by atoms with E-state index in [1.807, 2.05) is 6.92 Å². The summed E-state index contributed by atoms with van der Waals surface area (Å²) < 4.78 is 21.5. The van der Waals surface area contributed by atoms with Gasteiger partial charge in [-0.1, -0.05) is 6.92 Å². The summed E-state index contributed by atoms with van der Waals surface area (Å²) in [5, 5.41) is 11.2. The quantitative estimate of drug-likeness (QED) is 0.834. The van der Waals surface area contributed by atoms with Crippen LogP contribution in [0.5, 0.6) is 17.2 Å². The number of hydrogen-bond donors (Lipinski definition) is 1. The molecule has 2 rings (SSSR count). The number of methoxy groups -OCH3 is 3. The highest BCUT2D eigenvalue weighted by Crippen LogP contribution is 2.40. The lowest BCUT2D eigenvalue weighted by molar-refractivity contribution is 0.324. The Morgan fingerprint density at radius 2 is 1.71 bits per heavy atom. The fraction of sp³-hybridized carbons (Fsp3) is 0.429. The Bertz CT molecular complexity index is 573. The number of hydrogen-bond acceptors (Lipinski definition) is 7. The molecule has 114 valence electrons. The number of nitrogens with one attached hydrogen (secondary N) is 1. The van der Waals surface area contributed by atoms with Crippen LogP contribution in [0.3, 0.4) is 0 Å². The summed E-state index contributed by atoms with van der Waals surface area (Å²) in [7, 11) is 4.68. The van der Waals surface area contributed by atoms with E-state index in [-0.39, 0.29) is 0 Å². The maximum atomic E-state index is 5.61. The van der Waals surface area contributed by atoms with Crippen molar-refractivity contribution in [2.75, 3.05) is 27.9 Å². The average molecular weight is 293 g/mol. The van der Waals surface area contributed by atoms with E-state index in [1.165, 1.54) is 0 Å². The molecule has 0 radical (unpaired) electrons. The molecule has 7 heteroatoms. The van der Waals surface area contributed by atoms with E-state index in [9.17, 15) is 0 Å². The first-order valence-electron chi connectivity index (χ1n) is 6.57. The molecule has 0 spiro atoms. The summed E-state index contributed by atoms with van der Waals surface area (Å²) in [5.74, 6) is 2.54. The van der Waals surface area contributed by atoms with E-state index in [1.54, 1.807) is 33.5 Å². The molecule has 2 aromatic rings. The lowest BCUT2D eigenvalue weighted by atomic mass is 10.2. The molecule has 0 aliphatic rings. The molecule has 0 aliphatic heterocycles. The number of ether oxygens (including phenoxy) is 3. The van der Waals surface area contributed by atoms with Crippen LogP contribution >= 0.6 is 0 Å². The first-order valence-corrected chi connectivity index (χ1v) is 6.57. The van der Waals surface area contributed by atoms with Crippen molar-refractivity contribution in [1.29, 1.82) is 0 Å². The van der Waals surface area contributed by atoms with Gasteiger partial charge in [-0.05, 0) is 18.7 Å². The van der Waals surface area contributed by atoms with Gasteiger partial charge in [-0.25, -0.2) is 0 Å². The summed E-state index contributed by atoms with van der Waals surface area (Å²) >= 11 is 0. The maximum Gasteiger partial charge on any atom is 0.248 e. The molecule has 0 saturated heterocycles. The molecular formula is C14H19N3O4. The zero-order valence-corrected chi connectivity index (χ0v) is 12.6. The SMILES string of the molecule is CCNCc1nnc(-c2cc(OC)c(OC)c(OC)c2)o1. The average Bonchev–Trinajstić information content (AvgIpc) is 3.00. The molecule has 0 amide bonds. The third-order valence-electron chi connectivity index (χ3n) is 2.90. The first kappa shape index (κ1) is 15.1. The predicted molar refractivity (Wildman–Crippen MR) is 76.8 cm³/mol. The fourth-order valence-corrected chi connectivity index (χ4v) is 1.88. The molecule has 21 heavy (non-hydrogen) atoms. The lowest BCUT2D eigenvalue weighted by Crippen LogP contribution is -2.11. The van der Waals surface area contributed by atoms with Crippen LogP contribution in [-0.2, 0) is 6.54 Å². The number of nitrogens with zero attached hydrogens (tertiary/aromatic N) is 2. The van der Waals surface area contributed by atoms with Gasteiger partial charge in [0, 0.05) is 5.56 Å². The van der Waals surface area contributed by atoms with Gasteiger partial charge in [0.1, 0.15) is 0 Å². The highest BCUT2D eigenvalue weighted by Gasteiger charge is 2.17. The molecule has 0 bridgehead atoms. The van der Waals surface area contributed by atoms with E-state index < -0.39 is 0 Å². The minimum atomic E-state index is 0.405. The van der Waals surface area contributed by atoms with E-state index >= 15 is 0 Å². The molecule has 1 heterocycles. The summed E-state index contributed by atoms with van der Waals surface area (Å²) in [6.07, 6.45) is 0. The first-order chi connectivity index (χ1) is 10.2. The lowest BCUT2D eigenvalue weighted by Gasteiger charge is -2.12. The second-order valence-electron chi connectivity index (χ2n) is 4.20. The van der Waals surface area contributed by atoms with Crippen molar-refractivity contribution in [2.45, 2.75) is 13.5 Å². The van der Waals surface area contributed by atoms with Crippen molar-refractivity contribution in [3.05, 3.63) is 18.0 Å². The largest absolute Gasteiger partial charge is 0.493 e. The van der Waals surface area contributed by atoms with Crippen molar-refractivity contribution in [3.63, 3.8) is 0 Å². The molecule has 0 aliphatic carbocycles. The Hall–Kier alpha value is -2.28. The molecule has 1 N–H and O–H groups in total. The van der Waals surface area contributed by atoms with Crippen LogP contribution in [-0.4, -0.2) is 38.1 Å². The van der Waals surface area contributed by atoms with E-state index in [2.05, 4.69) is 15.5 Å². The third-order valence-corrected chi connectivity index (χ3v) is 2.90. The van der Waals surface area contributed by atoms with Gasteiger partial charge < -0.3 is 23.9 Å². The molecule has 0 fully saturated rings. The third kappa shape index (κ3) is 3.25. The van der Waals surface area contributed by atoms with E-state index in [4.69, 9.17) is 18.6 Å². The fourth-order valence-electron chi connectivity index (χ4n) is 1.88. The molecule has 0 unspecified atom stereocenters. The molecule has 0 saturated carbocycles. The zero-order valence-electron chi connectivity index (χ0n) is 12.6. The van der Waals surface area contributed by atoms with Crippen molar-refractivity contribution in [2.24, 2.45) is 0 Å². The number of benzene rings is 1. The van der Waals surface area contributed by atoms with Crippen LogP contribution in [0, 0.1) is 0 Å². The summed E-state index contributed by atoms with van der Waals surface area (Å²) in [6, 6.07) is 3.54. The van der Waals surface area contributed by atoms with Crippen molar-refractivity contribution < 1.29 is 18.6 Å². The highest BCUT2D eigenvalue weighted by atomic mass is 16.5. The molecule has 1 aromatic carbocycles. The standard InChI is InChI=1S/C14H19N3O4/c1-5-15-8-12-16-17-14(21-12)9-6-10(18-2)13(20-4)11(7-9)19-3/h6-7,15H,5,8H2,1-4H3. The van der Waals surface area contributed by atoms with Crippen LogP contribution < -0.4 is 19.5 Å². The molecular weight excluding hydrogens is 274 g/mol. The summed E-state index contributed by atoms with van der Waals surface area (Å²) in [6.45, 7) is 3.38. The monoisotopic (exact) mass is 293 g/mol. The van der Waals surface area contributed by atoms with Gasteiger partial charge in [-0.2, -0.15) is 0 Å². The highest BCUT2D eigenvalue weighted by molar-refractivity contribution is 5.65. The van der Waals surface area contributed by atoms with Gasteiger partial charge in [-0.3, -0.25) is 0 Å². The zero-order chi connectivity index (χ0) is 15.2.